The van der Waals surface area contributed by atoms with Crippen molar-refractivity contribution in [2.75, 3.05) is 0 Å². The second-order valence-electron chi connectivity index (χ2n) is 15.8. The molecule has 0 aliphatic heterocycles. The van der Waals surface area contributed by atoms with Gasteiger partial charge in [-0.3, -0.25) is 0 Å². The molecular weight excluding hydrogens is 569 g/mol. The van der Waals surface area contributed by atoms with E-state index in [9.17, 15) is 0 Å². The van der Waals surface area contributed by atoms with E-state index in [0.29, 0.717) is 12.0 Å². The Morgan fingerprint density at radius 1 is 0.404 bits per heavy atom. The van der Waals surface area contributed by atoms with Gasteiger partial charge >= 0.3 is 0 Å². The molecule has 2 unspecified atom stereocenters. The lowest BCUT2D eigenvalue weighted by molar-refractivity contribution is -0.727. The third-order valence-corrected chi connectivity index (χ3v) is 11.1. The molecular formula is C45H89N2+. The quantitative estimate of drug-likeness (QED) is 0.0539. The normalized spacial score (nSPS) is 13.0. The highest BCUT2D eigenvalue weighted by molar-refractivity contribution is 4.90. The summed E-state index contributed by atoms with van der Waals surface area (Å²) in [6.45, 7) is 9.43. The lowest BCUT2D eigenvalue weighted by Gasteiger charge is -2.17. The molecule has 2 atom stereocenters. The van der Waals surface area contributed by atoms with Crippen LogP contribution in [0.15, 0.2) is 12.4 Å². The van der Waals surface area contributed by atoms with Crippen molar-refractivity contribution in [1.82, 2.24) is 4.98 Å². The molecule has 1 rings (SSSR count). The Bertz CT molecular complexity index is 723. The van der Waals surface area contributed by atoms with Gasteiger partial charge in [-0.2, -0.15) is 0 Å². The highest BCUT2D eigenvalue weighted by Crippen LogP contribution is 2.27. The van der Waals surface area contributed by atoms with Gasteiger partial charge in [0.25, 0.3) is 5.82 Å². The van der Waals surface area contributed by atoms with Crippen LogP contribution >= 0.6 is 0 Å². The fourth-order valence-electron chi connectivity index (χ4n) is 7.84. The molecule has 0 saturated heterocycles. The van der Waals surface area contributed by atoms with Crippen molar-refractivity contribution in [3.05, 3.63) is 18.2 Å². The Balaban J connectivity index is 2.38. The van der Waals surface area contributed by atoms with E-state index in [0.717, 1.165) is 0 Å². The first-order chi connectivity index (χ1) is 23.2. The maximum atomic E-state index is 3.77. The minimum Gasteiger partial charge on any atom is -0.247 e. The van der Waals surface area contributed by atoms with Crippen LogP contribution in [0.1, 0.15) is 277 Å². The number of imidazole rings is 1. The molecule has 0 bridgehead atoms. The Morgan fingerprint density at radius 3 is 1.00 bits per heavy atom. The first kappa shape index (κ1) is 44.2. The molecule has 0 spiro atoms. The fraction of sp³-hybridized carbons (Fsp3) is 0.933. The number of nitrogens with zero attached hydrogens (tertiary/aromatic N) is 1. The van der Waals surface area contributed by atoms with E-state index in [1.54, 1.807) is 5.82 Å². The average Bonchev–Trinajstić information content (AvgIpc) is 3.57. The predicted molar refractivity (Wildman–Crippen MR) is 212 cm³/mol. The highest BCUT2D eigenvalue weighted by atomic mass is 15.1. The predicted octanol–water partition coefficient (Wildman–Crippen LogP) is 16.1. The standard InChI is InChI=1S/C45H88N2/c1-5-8-11-14-17-20-22-23-24-25-28-31-34-37-40-44(39-36-33-30-26-19-16-13-10-7-3)45-46-41-42-47(45)43(4)38-35-32-29-27-21-18-15-12-9-6-2/h41-44H,5-40H2,1-4H3/p+1. The van der Waals surface area contributed by atoms with E-state index in [4.69, 9.17) is 0 Å². The first-order valence-electron chi connectivity index (χ1n) is 22.3. The minimum atomic E-state index is 0.618. The van der Waals surface area contributed by atoms with E-state index in [2.05, 4.69) is 49.6 Å². The van der Waals surface area contributed by atoms with Gasteiger partial charge in [-0.25, -0.2) is 9.55 Å². The zero-order valence-electron chi connectivity index (χ0n) is 33.2. The Labute approximate surface area is 297 Å². The number of H-pyrrole nitrogens is 1. The van der Waals surface area contributed by atoms with Crippen molar-refractivity contribution in [1.29, 1.82) is 0 Å². The maximum Gasteiger partial charge on any atom is 0.257 e. The molecule has 278 valence electrons. The fourth-order valence-corrected chi connectivity index (χ4v) is 7.84. The zero-order valence-corrected chi connectivity index (χ0v) is 33.2. The molecule has 1 aromatic rings. The minimum absolute atomic E-state index is 0.618. The monoisotopic (exact) mass is 658 g/mol. The molecule has 1 N–H and O–H groups in total. The lowest BCUT2D eigenvalue weighted by atomic mass is 9.92. The molecule has 0 radical (unpaired) electrons. The molecule has 0 saturated carbocycles. The van der Waals surface area contributed by atoms with Crippen molar-refractivity contribution >= 4 is 0 Å². The summed E-state index contributed by atoms with van der Waals surface area (Å²) in [5.41, 5.74) is 0. The second kappa shape index (κ2) is 35.1. The Morgan fingerprint density at radius 2 is 0.681 bits per heavy atom. The van der Waals surface area contributed by atoms with Gasteiger partial charge in [0, 0.05) is 0 Å². The largest absolute Gasteiger partial charge is 0.257 e. The number of unbranched alkanes of at least 4 members (excludes halogenated alkanes) is 30. The van der Waals surface area contributed by atoms with Gasteiger partial charge in [0.2, 0.25) is 0 Å². The summed E-state index contributed by atoms with van der Waals surface area (Å²) in [6.07, 6.45) is 56.1. The summed E-state index contributed by atoms with van der Waals surface area (Å²) < 4.78 is 2.65. The maximum absolute atomic E-state index is 3.77. The first-order valence-corrected chi connectivity index (χ1v) is 22.3. The molecule has 1 heterocycles. The number of hydrogen-bond acceptors (Lipinski definition) is 0. The Hall–Kier alpha value is -0.790. The van der Waals surface area contributed by atoms with E-state index in [-0.39, 0.29) is 0 Å². The third-order valence-electron chi connectivity index (χ3n) is 11.1. The number of aromatic amines is 1. The van der Waals surface area contributed by atoms with E-state index in [1.807, 2.05) is 0 Å². The summed E-state index contributed by atoms with van der Waals surface area (Å²) in [6, 6.07) is 0.618. The van der Waals surface area contributed by atoms with Crippen LogP contribution < -0.4 is 4.57 Å². The SMILES string of the molecule is CCCCCCCCCCCCCCCCC(CCCCCCCCCCC)c1[nH]cc[n+]1C(C)CCCCCCCCCCCC. The summed E-state index contributed by atoms with van der Waals surface area (Å²) in [4.78, 5) is 3.77. The molecule has 1 aromatic heterocycles. The van der Waals surface area contributed by atoms with E-state index < -0.39 is 0 Å². The molecule has 0 aliphatic rings. The summed E-state index contributed by atoms with van der Waals surface area (Å²) in [5.74, 6) is 2.25. The van der Waals surface area contributed by atoms with Crippen molar-refractivity contribution in [3.8, 4) is 0 Å². The smallest absolute Gasteiger partial charge is 0.247 e. The molecule has 0 amide bonds. The number of rotatable bonds is 38. The lowest BCUT2D eigenvalue weighted by Crippen LogP contribution is -2.41. The molecule has 2 nitrogen and oxygen atoms in total. The average molecular weight is 658 g/mol. The summed E-state index contributed by atoms with van der Waals surface area (Å²) in [7, 11) is 0. The van der Waals surface area contributed by atoms with Crippen LogP contribution in [-0.4, -0.2) is 4.98 Å². The number of hydrogen-bond donors (Lipinski definition) is 1. The Kier molecular flexibility index (Phi) is 33.0. The van der Waals surface area contributed by atoms with Gasteiger partial charge in [0.15, 0.2) is 0 Å². The third kappa shape index (κ3) is 26.7. The van der Waals surface area contributed by atoms with Crippen LogP contribution in [0.3, 0.4) is 0 Å². The van der Waals surface area contributed by atoms with Crippen LogP contribution in [0.2, 0.25) is 0 Å². The van der Waals surface area contributed by atoms with Gasteiger partial charge < -0.3 is 0 Å². The van der Waals surface area contributed by atoms with Gasteiger partial charge in [-0.1, -0.05) is 226 Å². The highest BCUT2D eigenvalue weighted by Gasteiger charge is 2.25. The molecule has 0 fully saturated rings. The molecule has 0 aromatic carbocycles. The van der Waals surface area contributed by atoms with Crippen LogP contribution in [-0.2, 0) is 0 Å². The van der Waals surface area contributed by atoms with Gasteiger partial charge in [0.1, 0.15) is 12.4 Å². The van der Waals surface area contributed by atoms with Crippen molar-refractivity contribution in [2.24, 2.45) is 0 Å². The van der Waals surface area contributed by atoms with E-state index in [1.165, 1.54) is 231 Å². The van der Waals surface area contributed by atoms with Crippen LogP contribution in [0.25, 0.3) is 0 Å². The van der Waals surface area contributed by atoms with Gasteiger partial charge in [0.05, 0.1) is 12.0 Å². The molecule has 47 heavy (non-hydrogen) atoms. The number of nitrogens with one attached hydrogen (secondary N) is 1. The second-order valence-corrected chi connectivity index (χ2v) is 15.8. The van der Waals surface area contributed by atoms with Crippen molar-refractivity contribution < 1.29 is 4.57 Å². The van der Waals surface area contributed by atoms with Gasteiger partial charge in [-0.05, 0) is 32.6 Å². The zero-order chi connectivity index (χ0) is 33.9. The van der Waals surface area contributed by atoms with E-state index >= 15 is 0 Å². The topological polar surface area (TPSA) is 19.7 Å². The van der Waals surface area contributed by atoms with Crippen LogP contribution in [0.5, 0.6) is 0 Å². The van der Waals surface area contributed by atoms with Crippen LogP contribution in [0.4, 0.5) is 0 Å². The summed E-state index contributed by atoms with van der Waals surface area (Å²) in [5, 5.41) is 0. The van der Waals surface area contributed by atoms with Crippen molar-refractivity contribution in [2.45, 2.75) is 271 Å². The summed E-state index contributed by atoms with van der Waals surface area (Å²) >= 11 is 0. The molecule has 0 aliphatic carbocycles. The number of aromatic nitrogens is 2. The van der Waals surface area contributed by atoms with Gasteiger partial charge in [-0.15, -0.1) is 0 Å². The van der Waals surface area contributed by atoms with Crippen molar-refractivity contribution in [3.63, 3.8) is 0 Å². The molecule has 2 heteroatoms. The van der Waals surface area contributed by atoms with Crippen LogP contribution in [0, 0.1) is 0 Å².